The maximum atomic E-state index is 13.1. The first-order chi connectivity index (χ1) is 15.6. The quantitative estimate of drug-likeness (QED) is 0.320. The van der Waals surface area contributed by atoms with Crippen molar-refractivity contribution >= 4 is 46.3 Å². The van der Waals surface area contributed by atoms with Gasteiger partial charge in [-0.2, -0.15) is 5.10 Å². The fourth-order valence-corrected chi connectivity index (χ4v) is 5.04. The molecule has 0 fully saturated rings. The fourth-order valence-electron chi connectivity index (χ4n) is 3.40. The highest BCUT2D eigenvalue weighted by Crippen LogP contribution is 2.36. The van der Waals surface area contributed by atoms with Gasteiger partial charge in [0.1, 0.15) is 11.5 Å². The van der Waals surface area contributed by atoms with Crippen LogP contribution in [0.1, 0.15) is 23.1 Å². The normalized spacial score (nSPS) is 15.8. The Morgan fingerprint density at radius 1 is 1.22 bits per heavy atom. The molecule has 2 N–H and O–H groups in total. The third kappa shape index (κ3) is 4.04. The first kappa shape index (κ1) is 20.8. The van der Waals surface area contributed by atoms with Crippen molar-refractivity contribution < 1.29 is 9.21 Å². The van der Waals surface area contributed by atoms with Gasteiger partial charge in [-0.15, -0.1) is 21.5 Å². The van der Waals surface area contributed by atoms with E-state index >= 15 is 0 Å². The van der Waals surface area contributed by atoms with E-state index in [1.165, 1.54) is 21.4 Å². The van der Waals surface area contributed by atoms with Gasteiger partial charge in [0, 0.05) is 21.9 Å². The lowest BCUT2D eigenvalue weighted by Crippen LogP contribution is -2.28. The number of benzene rings is 1. The second-order valence-electron chi connectivity index (χ2n) is 6.97. The van der Waals surface area contributed by atoms with Crippen LogP contribution in [0.3, 0.4) is 0 Å². The van der Waals surface area contributed by atoms with Gasteiger partial charge < -0.3 is 10.3 Å². The van der Waals surface area contributed by atoms with E-state index in [9.17, 15) is 4.79 Å². The molecule has 32 heavy (non-hydrogen) atoms. The monoisotopic (exact) mass is 484 g/mol. The molecule has 5 rings (SSSR count). The molecule has 11 heteroatoms. The van der Waals surface area contributed by atoms with Crippen molar-refractivity contribution in [1.29, 1.82) is 0 Å². The SMILES string of the molecule is Nn1c(SCC(=O)N2N=C(c3ccco3)CC2c2cccs2)nnc1-c1ccc(Cl)cc1. The standard InChI is InChI=1S/C21H17ClN6O2S2/c22-14-7-5-13(6-8-14)20-24-25-21(27(20)23)32-12-19(29)28-16(18-4-2-10-31-18)11-15(26-28)17-3-1-9-30-17/h1-10,16H,11-12,23H2. The van der Waals surface area contributed by atoms with Crippen LogP contribution in [0.15, 0.2) is 74.8 Å². The molecule has 8 nitrogen and oxygen atoms in total. The minimum Gasteiger partial charge on any atom is -0.463 e. The number of halogens is 1. The summed E-state index contributed by atoms with van der Waals surface area (Å²) < 4.78 is 6.87. The van der Waals surface area contributed by atoms with E-state index in [4.69, 9.17) is 21.9 Å². The van der Waals surface area contributed by atoms with Gasteiger partial charge in [0.2, 0.25) is 5.16 Å². The number of carbonyl (C=O) groups is 1. The number of nitrogens with zero attached hydrogens (tertiary/aromatic N) is 5. The van der Waals surface area contributed by atoms with Gasteiger partial charge >= 0.3 is 0 Å². The number of nitrogen functional groups attached to an aromatic ring is 1. The average Bonchev–Trinajstić information content (AvgIpc) is 3.59. The molecular weight excluding hydrogens is 468 g/mol. The first-order valence-corrected chi connectivity index (χ1v) is 11.9. The second kappa shape index (κ2) is 8.81. The van der Waals surface area contributed by atoms with E-state index in [2.05, 4.69) is 15.3 Å². The summed E-state index contributed by atoms with van der Waals surface area (Å²) in [5.74, 6) is 7.31. The molecule has 1 aliphatic rings. The Balaban J connectivity index is 1.33. The Morgan fingerprint density at radius 3 is 2.78 bits per heavy atom. The van der Waals surface area contributed by atoms with Gasteiger partial charge in [-0.1, -0.05) is 29.4 Å². The van der Waals surface area contributed by atoms with Crippen LogP contribution >= 0.6 is 34.7 Å². The summed E-state index contributed by atoms with van der Waals surface area (Å²) in [5, 5.41) is 17.5. The van der Waals surface area contributed by atoms with Crippen molar-refractivity contribution in [3.63, 3.8) is 0 Å². The van der Waals surface area contributed by atoms with Crippen molar-refractivity contribution in [2.45, 2.75) is 17.6 Å². The van der Waals surface area contributed by atoms with Crippen molar-refractivity contribution in [3.05, 3.63) is 75.8 Å². The van der Waals surface area contributed by atoms with Gasteiger partial charge in [-0.25, -0.2) is 9.69 Å². The molecule has 162 valence electrons. The van der Waals surface area contributed by atoms with E-state index in [0.29, 0.717) is 28.2 Å². The number of hydrazone groups is 1. The molecule has 1 amide bonds. The van der Waals surface area contributed by atoms with Crippen molar-refractivity contribution in [2.24, 2.45) is 5.10 Å². The summed E-state index contributed by atoms with van der Waals surface area (Å²) in [6, 6.07) is 14.6. The molecule has 0 aliphatic carbocycles. The number of amides is 1. The van der Waals surface area contributed by atoms with Crippen LogP contribution in [-0.2, 0) is 4.79 Å². The van der Waals surface area contributed by atoms with Gasteiger partial charge in [0.05, 0.1) is 18.1 Å². The zero-order valence-corrected chi connectivity index (χ0v) is 19.0. The van der Waals surface area contributed by atoms with Crippen molar-refractivity contribution in [1.82, 2.24) is 19.9 Å². The minimum absolute atomic E-state index is 0.118. The smallest absolute Gasteiger partial charge is 0.253 e. The lowest BCUT2D eigenvalue weighted by atomic mass is 10.1. The zero-order chi connectivity index (χ0) is 22.1. The number of thioether (sulfide) groups is 1. The second-order valence-corrected chi connectivity index (χ2v) is 9.33. The zero-order valence-electron chi connectivity index (χ0n) is 16.6. The Labute approximate surface area is 196 Å². The lowest BCUT2D eigenvalue weighted by molar-refractivity contribution is -0.130. The van der Waals surface area contributed by atoms with Crippen LogP contribution in [0.4, 0.5) is 0 Å². The average molecular weight is 485 g/mol. The van der Waals surface area contributed by atoms with Gasteiger partial charge in [0.25, 0.3) is 5.91 Å². The summed E-state index contributed by atoms with van der Waals surface area (Å²) in [6.45, 7) is 0. The lowest BCUT2D eigenvalue weighted by Gasteiger charge is -2.20. The molecule has 0 bridgehead atoms. The van der Waals surface area contributed by atoms with Crippen LogP contribution in [0.2, 0.25) is 5.02 Å². The molecule has 4 heterocycles. The number of rotatable bonds is 6. The molecule has 4 aromatic rings. The van der Waals surface area contributed by atoms with E-state index < -0.39 is 0 Å². The highest BCUT2D eigenvalue weighted by atomic mass is 35.5. The summed E-state index contributed by atoms with van der Waals surface area (Å²) in [5.41, 5.74) is 1.53. The summed E-state index contributed by atoms with van der Waals surface area (Å²) in [7, 11) is 0. The van der Waals surface area contributed by atoms with Crippen molar-refractivity contribution in [2.75, 3.05) is 11.6 Å². The molecular formula is C21H17ClN6O2S2. The van der Waals surface area contributed by atoms with Crippen LogP contribution in [0.5, 0.6) is 0 Å². The Morgan fingerprint density at radius 2 is 2.06 bits per heavy atom. The molecule has 1 unspecified atom stereocenters. The van der Waals surface area contributed by atoms with Crippen LogP contribution in [0, 0.1) is 0 Å². The summed E-state index contributed by atoms with van der Waals surface area (Å²) in [4.78, 5) is 14.2. The third-order valence-corrected chi connectivity index (χ3v) is 7.09. The highest BCUT2D eigenvalue weighted by molar-refractivity contribution is 7.99. The largest absolute Gasteiger partial charge is 0.463 e. The molecule has 1 aromatic carbocycles. The predicted molar refractivity (Wildman–Crippen MR) is 125 cm³/mol. The number of hydrogen-bond donors (Lipinski definition) is 1. The van der Waals surface area contributed by atoms with Gasteiger partial charge in [-0.05, 0) is 47.8 Å². The van der Waals surface area contributed by atoms with Crippen LogP contribution in [-0.4, -0.2) is 37.3 Å². The van der Waals surface area contributed by atoms with Gasteiger partial charge in [-0.3, -0.25) is 4.79 Å². The number of nitrogens with two attached hydrogens (primary N) is 1. The topological polar surface area (TPSA) is 103 Å². The third-order valence-electron chi connectivity index (χ3n) is 4.93. The molecule has 0 radical (unpaired) electrons. The van der Waals surface area contributed by atoms with Crippen LogP contribution in [0.25, 0.3) is 11.4 Å². The Hall–Kier alpha value is -3.08. The molecule has 0 spiro atoms. The number of aromatic nitrogens is 3. The first-order valence-electron chi connectivity index (χ1n) is 9.66. The number of furan rings is 1. The Kier molecular flexibility index (Phi) is 5.73. The maximum Gasteiger partial charge on any atom is 0.253 e. The Bertz CT molecular complexity index is 1250. The highest BCUT2D eigenvalue weighted by Gasteiger charge is 2.34. The summed E-state index contributed by atoms with van der Waals surface area (Å²) >= 11 is 8.76. The minimum atomic E-state index is -0.163. The van der Waals surface area contributed by atoms with Crippen LogP contribution < -0.4 is 5.84 Å². The maximum absolute atomic E-state index is 13.1. The van der Waals surface area contributed by atoms with E-state index in [0.717, 1.165) is 16.2 Å². The molecule has 1 aliphatic heterocycles. The van der Waals surface area contributed by atoms with Crippen molar-refractivity contribution in [3.8, 4) is 11.4 Å². The summed E-state index contributed by atoms with van der Waals surface area (Å²) in [6.07, 6.45) is 2.20. The van der Waals surface area contributed by atoms with E-state index in [1.54, 1.807) is 29.7 Å². The molecule has 0 saturated heterocycles. The number of carbonyl (C=O) groups excluding carboxylic acids is 1. The fraction of sp³-hybridized carbons (Fsp3) is 0.143. The number of hydrogen-bond acceptors (Lipinski definition) is 8. The molecule has 3 aromatic heterocycles. The predicted octanol–water partition coefficient (Wildman–Crippen LogP) is 4.44. The van der Waals surface area contributed by atoms with Gasteiger partial charge in [0.15, 0.2) is 5.82 Å². The number of thiophene rings is 1. The molecule has 0 saturated carbocycles. The van der Waals surface area contributed by atoms with E-state index in [1.807, 2.05) is 41.8 Å². The van der Waals surface area contributed by atoms with E-state index in [-0.39, 0.29) is 17.7 Å². The molecule has 1 atom stereocenters.